The number of nitrogens with zero attached hydrogens (tertiary/aromatic N) is 2. The first kappa shape index (κ1) is 17.5. The number of rotatable bonds is 5. The van der Waals surface area contributed by atoms with Crippen molar-refractivity contribution in [1.29, 1.82) is 0 Å². The molecule has 7 heteroatoms. The van der Waals surface area contributed by atoms with E-state index in [4.69, 9.17) is 23.2 Å². The number of carbonyl (C=O) groups is 1. The molecule has 2 heterocycles. The highest BCUT2D eigenvalue weighted by Gasteiger charge is 2.14. The molecule has 0 saturated carbocycles. The summed E-state index contributed by atoms with van der Waals surface area (Å²) in [5.41, 5.74) is 1.53. The quantitative estimate of drug-likeness (QED) is 0.831. The van der Waals surface area contributed by atoms with E-state index >= 15 is 0 Å². The van der Waals surface area contributed by atoms with E-state index in [1.807, 2.05) is 0 Å². The van der Waals surface area contributed by atoms with Crippen molar-refractivity contribution in [2.75, 3.05) is 24.5 Å². The number of aromatic nitrogens is 1. The summed E-state index contributed by atoms with van der Waals surface area (Å²) in [5, 5.41) is 6.90. The topological polar surface area (TPSA) is 45.2 Å². The normalized spacial score (nSPS) is 14.7. The second-order valence-electron chi connectivity index (χ2n) is 5.80. The summed E-state index contributed by atoms with van der Waals surface area (Å²) in [6.07, 6.45) is 4.52. The van der Waals surface area contributed by atoms with Gasteiger partial charge in [-0.2, -0.15) is 0 Å². The number of hydrogen-bond donors (Lipinski definition) is 1. The Morgan fingerprint density at radius 3 is 2.75 bits per heavy atom. The molecule has 1 aliphatic rings. The van der Waals surface area contributed by atoms with Gasteiger partial charge in [0.25, 0.3) is 5.91 Å². The van der Waals surface area contributed by atoms with Gasteiger partial charge in [0.15, 0.2) is 5.13 Å². The van der Waals surface area contributed by atoms with Gasteiger partial charge in [0.05, 0.1) is 15.7 Å². The van der Waals surface area contributed by atoms with Crippen molar-refractivity contribution >= 4 is 45.6 Å². The number of piperidine rings is 1. The lowest BCUT2D eigenvalue weighted by molar-refractivity contribution is 0.0954. The Morgan fingerprint density at radius 2 is 2.00 bits per heavy atom. The number of hydrogen-bond acceptors (Lipinski definition) is 4. The van der Waals surface area contributed by atoms with Crippen LogP contribution in [0.15, 0.2) is 23.6 Å². The van der Waals surface area contributed by atoms with E-state index in [9.17, 15) is 4.79 Å². The molecule has 1 saturated heterocycles. The minimum absolute atomic E-state index is 0.153. The average molecular weight is 384 g/mol. The summed E-state index contributed by atoms with van der Waals surface area (Å²) in [5.74, 6) is -0.153. The molecule has 0 aliphatic carbocycles. The fraction of sp³-hybridized carbons (Fsp3) is 0.412. The molecule has 0 radical (unpaired) electrons. The first-order valence-electron chi connectivity index (χ1n) is 8.06. The molecule has 0 atom stereocenters. The number of amides is 1. The SMILES string of the molecule is O=C(NCCc1csc(N2CCCCC2)n1)c1ccc(Cl)c(Cl)c1. The maximum atomic E-state index is 12.1. The highest BCUT2D eigenvalue weighted by atomic mass is 35.5. The minimum Gasteiger partial charge on any atom is -0.352 e. The number of anilines is 1. The van der Waals surface area contributed by atoms with Gasteiger partial charge in [-0.3, -0.25) is 4.79 Å². The zero-order valence-electron chi connectivity index (χ0n) is 13.2. The van der Waals surface area contributed by atoms with Crippen LogP contribution in [0.3, 0.4) is 0 Å². The highest BCUT2D eigenvalue weighted by Crippen LogP contribution is 2.24. The summed E-state index contributed by atoms with van der Waals surface area (Å²) < 4.78 is 0. The molecule has 0 spiro atoms. The van der Waals surface area contributed by atoms with Crippen LogP contribution in [0.5, 0.6) is 0 Å². The molecule has 1 aromatic carbocycles. The van der Waals surface area contributed by atoms with Gasteiger partial charge in [-0.25, -0.2) is 4.98 Å². The van der Waals surface area contributed by atoms with Crippen molar-refractivity contribution in [3.05, 3.63) is 44.9 Å². The maximum absolute atomic E-state index is 12.1. The van der Waals surface area contributed by atoms with E-state index in [1.54, 1.807) is 29.5 Å². The van der Waals surface area contributed by atoms with E-state index in [1.165, 1.54) is 19.3 Å². The van der Waals surface area contributed by atoms with Crippen LogP contribution in [0.1, 0.15) is 35.3 Å². The average Bonchev–Trinajstić information content (AvgIpc) is 3.07. The fourth-order valence-corrected chi connectivity index (χ4v) is 3.90. The molecule has 128 valence electrons. The number of carbonyl (C=O) groups excluding carboxylic acids is 1. The Balaban J connectivity index is 1.50. The zero-order chi connectivity index (χ0) is 16.9. The van der Waals surface area contributed by atoms with Crippen LogP contribution in [0.25, 0.3) is 0 Å². The van der Waals surface area contributed by atoms with E-state index in [0.717, 1.165) is 30.3 Å². The summed E-state index contributed by atoms with van der Waals surface area (Å²) in [7, 11) is 0. The van der Waals surface area contributed by atoms with Gasteiger partial charge in [0.2, 0.25) is 0 Å². The predicted octanol–water partition coefficient (Wildman–Crippen LogP) is 4.41. The Labute approximate surface area is 155 Å². The van der Waals surface area contributed by atoms with Gasteiger partial charge in [0.1, 0.15) is 0 Å². The highest BCUT2D eigenvalue weighted by molar-refractivity contribution is 7.13. The Kier molecular flexibility index (Phi) is 5.98. The molecule has 2 aromatic rings. The second-order valence-corrected chi connectivity index (χ2v) is 7.45. The van der Waals surface area contributed by atoms with Gasteiger partial charge < -0.3 is 10.2 Å². The molecule has 0 bridgehead atoms. The summed E-state index contributed by atoms with van der Waals surface area (Å²) in [6.45, 7) is 2.74. The zero-order valence-corrected chi connectivity index (χ0v) is 15.6. The largest absolute Gasteiger partial charge is 0.352 e. The summed E-state index contributed by atoms with van der Waals surface area (Å²) in [4.78, 5) is 19.1. The van der Waals surface area contributed by atoms with Crippen LogP contribution in [-0.2, 0) is 6.42 Å². The summed E-state index contributed by atoms with van der Waals surface area (Å²) in [6, 6.07) is 4.88. The molecule has 0 unspecified atom stereocenters. The lowest BCUT2D eigenvalue weighted by Gasteiger charge is -2.25. The Bertz CT molecular complexity index is 714. The number of thiazole rings is 1. The third kappa shape index (κ3) is 4.41. The van der Waals surface area contributed by atoms with Crippen molar-refractivity contribution in [1.82, 2.24) is 10.3 Å². The maximum Gasteiger partial charge on any atom is 0.251 e. The van der Waals surface area contributed by atoms with E-state index in [0.29, 0.717) is 22.2 Å². The van der Waals surface area contributed by atoms with Crippen molar-refractivity contribution in [2.24, 2.45) is 0 Å². The van der Waals surface area contributed by atoms with Gasteiger partial charge in [-0.1, -0.05) is 23.2 Å². The van der Waals surface area contributed by atoms with Crippen molar-refractivity contribution in [2.45, 2.75) is 25.7 Å². The molecular weight excluding hydrogens is 365 g/mol. The molecule has 1 fully saturated rings. The standard InChI is InChI=1S/C17H19Cl2N3OS/c18-14-5-4-12(10-15(14)19)16(23)20-7-6-13-11-24-17(21-13)22-8-2-1-3-9-22/h4-5,10-11H,1-3,6-9H2,(H,20,23). The van der Waals surface area contributed by atoms with E-state index in [2.05, 4.69) is 20.6 Å². The van der Waals surface area contributed by atoms with Gasteiger partial charge in [-0.15, -0.1) is 11.3 Å². The molecule has 1 aliphatic heterocycles. The summed E-state index contributed by atoms with van der Waals surface area (Å²) >= 11 is 13.5. The molecule has 1 amide bonds. The van der Waals surface area contributed by atoms with Gasteiger partial charge >= 0.3 is 0 Å². The molecule has 1 aromatic heterocycles. The molecular formula is C17H19Cl2N3OS. The first-order valence-corrected chi connectivity index (χ1v) is 9.69. The third-order valence-corrected chi connectivity index (χ3v) is 5.70. The van der Waals surface area contributed by atoms with Crippen LogP contribution in [0.4, 0.5) is 5.13 Å². The van der Waals surface area contributed by atoms with Crippen LogP contribution in [0, 0.1) is 0 Å². The minimum atomic E-state index is -0.153. The van der Waals surface area contributed by atoms with Crippen molar-refractivity contribution < 1.29 is 4.79 Å². The first-order chi connectivity index (χ1) is 11.6. The molecule has 1 N–H and O–H groups in total. The predicted molar refractivity (Wildman–Crippen MR) is 101 cm³/mol. The molecule has 4 nitrogen and oxygen atoms in total. The van der Waals surface area contributed by atoms with Crippen molar-refractivity contribution in [3.63, 3.8) is 0 Å². The molecule has 24 heavy (non-hydrogen) atoms. The van der Waals surface area contributed by atoms with Gasteiger partial charge in [0, 0.05) is 37.0 Å². The monoisotopic (exact) mass is 383 g/mol. The van der Waals surface area contributed by atoms with E-state index in [-0.39, 0.29) is 5.91 Å². The van der Waals surface area contributed by atoms with Crippen LogP contribution in [-0.4, -0.2) is 30.5 Å². The number of halogens is 2. The smallest absolute Gasteiger partial charge is 0.251 e. The Hall–Kier alpha value is -1.30. The van der Waals surface area contributed by atoms with Gasteiger partial charge in [-0.05, 0) is 37.5 Å². The van der Waals surface area contributed by atoms with E-state index < -0.39 is 0 Å². The van der Waals surface area contributed by atoms with Crippen LogP contribution < -0.4 is 10.2 Å². The number of benzene rings is 1. The lowest BCUT2D eigenvalue weighted by Crippen LogP contribution is -2.29. The van der Waals surface area contributed by atoms with Crippen LogP contribution >= 0.6 is 34.5 Å². The third-order valence-electron chi connectivity index (χ3n) is 4.01. The fourth-order valence-electron chi connectivity index (χ4n) is 2.69. The lowest BCUT2D eigenvalue weighted by atomic mass is 10.1. The Morgan fingerprint density at radius 1 is 1.21 bits per heavy atom. The molecule has 3 rings (SSSR count). The number of nitrogens with one attached hydrogen (secondary N) is 1. The van der Waals surface area contributed by atoms with Crippen molar-refractivity contribution in [3.8, 4) is 0 Å². The second kappa shape index (κ2) is 8.19. The van der Waals surface area contributed by atoms with Crippen LogP contribution in [0.2, 0.25) is 10.0 Å².